The lowest BCUT2D eigenvalue weighted by atomic mass is 9.86. The van der Waals surface area contributed by atoms with Gasteiger partial charge in [0.1, 0.15) is 0 Å². The highest BCUT2D eigenvalue weighted by molar-refractivity contribution is 5.21. The molecule has 0 saturated heterocycles. The fraction of sp³-hybridized carbons (Fsp3) is 0.385. The SMILES string of the molecule is CC(c1ccccc1)C1C=CCNC1. The quantitative estimate of drug-likeness (QED) is 0.702. The Balaban J connectivity index is 2.11. The Hall–Kier alpha value is -1.08. The molecule has 2 unspecified atom stereocenters. The van der Waals surface area contributed by atoms with E-state index in [4.69, 9.17) is 0 Å². The molecule has 14 heavy (non-hydrogen) atoms. The minimum Gasteiger partial charge on any atom is -0.313 e. The molecule has 2 atom stereocenters. The van der Waals surface area contributed by atoms with E-state index in [2.05, 4.69) is 54.7 Å². The molecular formula is C13H17N. The van der Waals surface area contributed by atoms with Crippen LogP contribution in [0.25, 0.3) is 0 Å². The summed E-state index contributed by atoms with van der Waals surface area (Å²) < 4.78 is 0. The minimum absolute atomic E-state index is 0.611. The summed E-state index contributed by atoms with van der Waals surface area (Å²) in [4.78, 5) is 0. The van der Waals surface area contributed by atoms with E-state index in [-0.39, 0.29) is 0 Å². The standard InChI is InChI=1S/C13H17N/c1-11(12-6-3-2-4-7-12)13-8-5-9-14-10-13/h2-8,11,13-14H,9-10H2,1H3. The first-order chi connectivity index (χ1) is 6.88. The molecule has 0 saturated carbocycles. The molecular weight excluding hydrogens is 170 g/mol. The van der Waals surface area contributed by atoms with Crippen molar-refractivity contribution in [3.05, 3.63) is 48.0 Å². The van der Waals surface area contributed by atoms with Crippen molar-refractivity contribution in [1.82, 2.24) is 5.32 Å². The molecule has 0 spiro atoms. The van der Waals surface area contributed by atoms with Crippen LogP contribution in [0.3, 0.4) is 0 Å². The second-order valence-corrected chi connectivity index (χ2v) is 3.95. The van der Waals surface area contributed by atoms with Crippen LogP contribution in [0.2, 0.25) is 0 Å². The molecule has 1 N–H and O–H groups in total. The first-order valence-corrected chi connectivity index (χ1v) is 5.30. The highest BCUT2D eigenvalue weighted by atomic mass is 14.9. The lowest BCUT2D eigenvalue weighted by Crippen LogP contribution is -2.28. The van der Waals surface area contributed by atoms with Crippen molar-refractivity contribution in [2.75, 3.05) is 13.1 Å². The maximum absolute atomic E-state index is 3.40. The molecule has 1 aromatic rings. The van der Waals surface area contributed by atoms with Crippen LogP contribution >= 0.6 is 0 Å². The van der Waals surface area contributed by atoms with E-state index in [0.717, 1.165) is 13.1 Å². The second kappa shape index (κ2) is 4.43. The van der Waals surface area contributed by atoms with Gasteiger partial charge in [-0.25, -0.2) is 0 Å². The van der Waals surface area contributed by atoms with Crippen molar-refractivity contribution in [2.24, 2.45) is 5.92 Å². The molecule has 1 heterocycles. The van der Waals surface area contributed by atoms with Gasteiger partial charge in [-0.15, -0.1) is 0 Å². The molecule has 1 aliphatic heterocycles. The van der Waals surface area contributed by atoms with E-state index < -0.39 is 0 Å². The third-order valence-electron chi connectivity index (χ3n) is 2.99. The van der Waals surface area contributed by atoms with E-state index >= 15 is 0 Å². The second-order valence-electron chi connectivity index (χ2n) is 3.95. The molecule has 74 valence electrons. The summed E-state index contributed by atoms with van der Waals surface area (Å²) in [5, 5.41) is 3.40. The first kappa shape index (κ1) is 9.47. The Labute approximate surface area is 85.8 Å². The molecule has 0 fully saturated rings. The molecule has 0 amide bonds. The van der Waals surface area contributed by atoms with E-state index in [9.17, 15) is 0 Å². The van der Waals surface area contributed by atoms with Crippen LogP contribution in [-0.2, 0) is 0 Å². The summed E-state index contributed by atoms with van der Waals surface area (Å²) in [5.74, 6) is 1.26. The van der Waals surface area contributed by atoms with Crippen molar-refractivity contribution >= 4 is 0 Å². The molecule has 0 radical (unpaired) electrons. The first-order valence-electron chi connectivity index (χ1n) is 5.30. The molecule has 1 aromatic carbocycles. The summed E-state index contributed by atoms with van der Waals surface area (Å²) >= 11 is 0. The number of benzene rings is 1. The number of hydrogen-bond acceptors (Lipinski definition) is 1. The monoisotopic (exact) mass is 187 g/mol. The summed E-state index contributed by atoms with van der Waals surface area (Å²) in [6.45, 7) is 4.43. The molecule has 0 aliphatic carbocycles. The fourth-order valence-corrected chi connectivity index (χ4v) is 1.99. The van der Waals surface area contributed by atoms with Crippen LogP contribution in [-0.4, -0.2) is 13.1 Å². The van der Waals surface area contributed by atoms with E-state index in [1.54, 1.807) is 0 Å². The van der Waals surface area contributed by atoms with Crippen molar-refractivity contribution in [1.29, 1.82) is 0 Å². The van der Waals surface area contributed by atoms with Crippen LogP contribution in [0.5, 0.6) is 0 Å². The zero-order valence-electron chi connectivity index (χ0n) is 8.61. The van der Waals surface area contributed by atoms with Crippen LogP contribution < -0.4 is 5.32 Å². The number of rotatable bonds is 2. The van der Waals surface area contributed by atoms with Gasteiger partial charge in [-0.1, -0.05) is 49.4 Å². The lowest BCUT2D eigenvalue weighted by Gasteiger charge is -2.24. The molecule has 0 aromatic heterocycles. The van der Waals surface area contributed by atoms with Gasteiger partial charge < -0.3 is 5.32 Å². The molecule has 0 bridgehead atoms. The Morgan fingerprint density at radius 2 is 2.07 bits per heavy atom. The third-order valence-corrected chi connectivity index (χ3v) is 2.99. The van der Waals surface area contributed by atoms with Gasteiger partial charge in [0.05, 0.1) is 0 Å². The maximum Gasteiger partial charge on any atom is 0.0135 e. The van der Waals surface area contributed by atoms with Gasteiger partial charge in [-0.2, -0.15) is 0 Å². The van der Waals surface area contributed by atoms with E-state index in [0.29, 0.717) is 11.8 Å². The number of hydrogen-bond donors (Lipinski definition) is 1. The third kappa shape index (κ3) is 2.05. The van der Waals surface area contributed by atoms with Crippen LogP contribution in [0.1, 0.15) is 18.4 Å². The largest absolute Gasteiger partial charge is 0.313 e. The fourth-order valence-electron chi connectivity index (χ4n) is 1.99. The van der Waals surface area contributed by atoms with Gasteiger partial charge in [0.2, 0.25) is 0 Å². The van der Waals surface area contributed by atoms with Gasteiger partial charge in [-0.3, -0.25) is 0 Å². The predicted molar refractivity (Wildman–Crippen MR) is 60.4 cm³/mol. The topological polar surface area (TPSA) is 12.0 Å². The predicted octanol–water partition coefficient (Wildman–Crippen LogP) is 2.57. The average Bonchev–Trinajstić information content (AvgIpc) is 2.30. The Bertz CT molecular complexity index is 302. The van der Waals surface area contributed by atoms with E-state index in [1.165, 1.54) is 5.56 Å². The molecule has 1 aliphatic rings. The normalized spacial score (nSPS) is 23.4. The summed E-state index contributed by atoms with van der Waals surface area (Å²) in [6.07, 6.45) is 4.57. The van der Waals surface area contributed by atoms with Crippen LogP contribution in [0.15, 0.2) is 42.5 Å². The van der Waals surface area contributed by atoms with Crippen molar-refractivity contribution < 1.29 is 0 Å². The lowest BCUT2D eigenvalue weighted by molar-refractivity contribution is 0.486. The van der Waals surface area contributed by atoms with Gasteiger partial charge >= 0.3 is 0 Å². The smallest absolute Gasteiger partial charge is 0.0135 e. The zero-order chi connectivity index (χ0) is 9.80. The van der Waals surface area contributed by atoms with E-state index in [1.807, 2.05) is 0 Å². The Kier molecular flexibility index (Phi) is 3.00. The Morgan fingerprint density at radius 1 is 1.29 bits per heavy atom. The van der Waals surface area contributed by atoms with Gasteiger partial charge in [0.25, 0.3) is 0 Å². The van der Waals surface area contributed by atoms with Crippen molar-refractivity contribution in [3.63, 3.8) is 0 Å². The molecule has 2 rings (SSSR count). The minimum atomic E-state index is 0.611. The van der Waals surface area contributed by atoms with Crippen LogP contribution in [0.4, 0.5) is 0 Å². The van der Waals surface area contributed by atoms with Gasteiger partial charge in [-0.05, 0) is 17.4 Å². The van der Waals surface area contributed by atoms with Crippen molar-refractivity contribution in [3.8, 4) is 0 Å². The van der Waals surface area contributed by atoms with Crippen LogP contribution in [0, 0.1) is 5.92 Å². The number of nitrogens with one attached hydrogen (secondary N) is 1. The highest BCUT2D eigenvalue weighted by Crippen LogP contribution is 2.25. The highest BCUT2D eigenvalue weighted by Gasteiger charge is 2.17. The average molecular weight is 187 g/mol. The van der Waals surface area contributed by atoms with Gasteiger partial charge in [0, 0.05) is 13.1 Å². The summed E-state index contributed by atoms with van der Waals surface area (Å²) in [7, 11) is 0. The zero-order valence-corrected chi connectivity index (χ0v) is 8.61. The summed E-state index contributed by atoms with van der Waals surface area (Å²) in [6, 6.07) is 10.7. The Morgan fingerprint density at radius 3 is 2.71 bits per heavy atom. The maximum atomic E-state index is 3.40. The molecule has 1 heteroatoms. The molecule has 1 nitrogen and oxygen atoms in total. The van der Waals surface area contributed by atoms with Gasteiger partial charge in [0.15, 0.2) is 0 Å². The summed E-state index contributed by atoms with van der Waals surface area (Å²) in [5.41, 5.74) is 1.44. The van der Waals surface area contributed by atoms with Crippen molar-refractivity contribution in [2.45, 2.75) is 12.8 Å².